The number of aliphatic carboxylic acids is 1. The summed E-state index contributed by atoms with van der Waals surface area (Å²) in [7, 11) is 0. The van der Waals surface area contributed by atoms with Crippen LogP contribution in [-0.2, 0) is 9.53 Å². The maximum atomic E-state index is 10.7. The van der Waals surface area contributed by atoms with Crippen molar-refractivity contribution in [1.82, 2.24) is 5.32 Å². The van der Waals surface area contributed by atoms with Crippen molar-refractivity contribution in [2.45, 2.75) is 44.8 Å². The van der Waals surface area contributed by atoms with Crippen LogP contribution in [0.5, 0.6) is 0 Å². The van der Waals surface area contributed by atoms with Gasteiger partial charge < -0.3 is 15.2 Å². The van der Waals surface area contributed by atoms with Gasteiger partial charge in [0.05, 0.1) is 6.10 Å². The average Bonchev–Trinajstić information content (AvgIpc) is 2.64. The summed E-state index contributed by atoms with van der Waals surface area (Å²) in [5.74, 6) is -0.764. The molecule has 4 heteroatoms. The number of hydrogen-bond donors (Lipinski definition) is 2. The van der Waals surface area contributed by atoms with Crippen molar-refractivity contribution in [2.24, 2.45) is 0 Å². The first-order valence-electron chi connectivity index (χ1n) is 5.31. The van der Waals surface area contributed by atoms with Crippen LogP contribution in [0.3, 0.4) is 0 Å². The summed E-state index contributed by atoms with van der Waals surface area (Å²) < 4.78 is 5.44. The quantitative estimate of drug-likeness (QED) is 0.673. The Kier molecular flexibility index (Phi) is 4.90. The molecule has 4 nitrogen and oxygen atoms in total. The maximum Gasteiger partial charge on any atom is 0.320 e. The van der Waals surface area contributed by atoms with Crippen LogP contribution < -0.4 is 5.32 Å². The van der Waals surface area contributed by atoms with Crippen molar-refractivity contribution in [1.29, 1.82) is 0 Å². The van der Waals surface area contributed by atoms with E-state index in [4.69, 9.17) is 9.84 Å². The van der Waals surface area contributed by atoms with E-state index < -0.39 is 12.0 Å². The number of carboxylic acids is 1. The highest BCUT2D eigenvalue weighted by atomic mass is 16.5. The van der Waals surface area contributed by atoms with Crippen molar-refractivity contribution < 1.29 is 14.6 Å². The molecule has 14 heavy (non-hydrogen) atoms. The Morgan fingerprint density at radius 1 is 1.71 bits per heavy atom. The Morgan fingerprint density at radius 3 is 3.00 bits per heavy atom. The smallest absolute Gasteiger partial charge is 0.320 e. The predicted molar refractivity (Wildman–Crippen MR) is 53.3 cm³/mol. The molecule has 2 atom stereocenters. The van der Waals surface area contributed by atoms with Crippen molar-refractivity contribution in [2.75, 3.05) is 13.2 Å². The first kappa shape index (κ1) is 11.5. The monoisotopic (exact) mass is 201 g/mol. The second-order valence-corrected chi connectivity index (χ2v) is 3.68. The molecule has 0 radical (unpaired) electrons. The van der Waals surface area contributed by atoms with E-state index in [2.05, 4.69) is 5.32 Å². The van der Waals surface area contributed by atoms with Gasteiger partial charge in [-0.1, -0.05) is 6.92 Å². The molecule has 2 N–H and O–H groups in total. The molecular formula is C10H19NO3. The molecule has 1 aliphatic heterocycles. The maximum absolute atomic E-state index is 10.7. The minimum Gasteiger partial charge on any atom is -0.480 e. The fraction of sp³-hybridized carbons (Fsp3) is 0.900. The van der Waals surface area contributed by atoms with Gasteiger partial charge in [-0.25, -0.2) is 0 Å². The molecule has 0 aromatic heterocycles. The highest BCUT2D eigenvalue weighted by Crippen LogP contribution is 2.14. The molecular weight excluding hydrogens is 182 g/mol. The fourth-order valence-electron chi connectivity index (χ4n) is 1.70. The van der Waals surface area contributed by atoms with Gasteiger partial charge in [0, 0.05) is 6.61 Å². The molecule has 0 aromatic rings. The van der Waals surface area contributed by atoms with Crippen molar-refractivity contribution in [3.8, 4) is 0 Å². The molecule has 82 valence electrons. The number of carboxylic acid groups (broad SMARTS) is 1. The normalized spacial score (nSPS) is 23.6. The molecule has 1 rings (SSSR count). The molecule has 1 saturated heterocycles. The van der Waals surface area contributed by atoms with E-state index in [9.17, 15) is 4.79 Å². The summed E-state index contributed by atoms with van der Waals surface area (Å²) in [6.07, 6.45) is 4.14. The Hall–Kier alpha value is -0.610. The molecule has 0 spiro atoms. The van der Waals surface area contributed by atoms with E-state index >= 15 is 0 Å². The zero-order valence-corrected chi connectivity index (χ0v) is 8.66. The molecule has 1 heterocycles. The summed E-state index contributed by atoms with van der Waals surface area (Å²) in [5, 5.41) is 11.8. The van der Waals surface area contributed by atoms with Crippen LogP contribution in [-0.4, -0.2) is 36.4 Å². The van der Waals surface area contributed by atoms with Crippen molar-refractivity contribution in [3.63, 3.8) is 0 Å². The summed E-state index contributed by atoms with van der Waals surface area (Å²) in [6, 6.07) is -0.406. The van der Waals surface area contributed by atoms with Gasteiger partial charge in [0.15, 0.2) is 0 Å². The third kappa shape index (κ3) is 3.64. The van der Waals surface area contributed by atoms with Crippen molar-refractivity contribution >= 4 is 5.97 Å². The topological polar surface area (TPSA) is 58.6 Å². The molecule has 0 aromatic carbocycles. The Bertz CT molecular complexity index is 178. The number of nitrogens with one attached hydrogen (secondary N) is 1. The van der Waals surface area contributed by atoms with Gasteiger partial charge in [-0.3, -0.25) is 4.79 Å². The highest BCUT2D eigenvalue weighted by Gasteiger charge is 2.17. The summed E-state index contributed by atoms with van der Waals surface area (Å²) >= 11 is 0. The van der Waals surface area contributed by atoms with Crippen LogP contribution in [0.4, 0.5) is 0 Å². The predicted octanol–water partition coefficient (Wildman–Crippen LogP) is 1.01. The van der Waals surface area contributed by atoms with Gasteiger partial charge in [-0.2, -0.15) is 0 Å². The van der Waals surface area contributed by atoms with E-state index in [1.54, 1.807) is 0 Å². The van der Waals surface area contributed by atoms with Crippen LogP contribution in [0.25, 0.3) is 0 Å². The lowest BCUT2D eigenvalue weighted by atomic mass is 10.1. The number of carbonyl (C=O) groups is 1. The molecule has 0 bridgehead atoms. The van der Waals surface area contributed by atoms with E-state index in [0.29, 0.717) is 12.5 Å². The lowest BCUT2D eigenvalue weighted by Gasteiger charge is -2.14. The van der Waals surface area contributed by atoms with E-state index in [-0.39, 0.29) is 0 Å². The van der Waals surface area contributed by atoms with Crippen LogP contribution in [0.1, 0.15) is 32.6 Å². The zero-order valence-electron chi connectivity index (χ0n) is 8.66. The first-order valence-corrected chi connectivity index (χ1v) is 5.31. The molecule has 2 unspecified atom stereocenters. The van der Waals surface area contributed by atoms with Gasteiger partial charge in [-0.05, 0) is 32.2 Å². The van der Waals surface area contributed by atoms with Gasteiger partial charge in [-0.15, -0.1) is 0 Å². The summed E-state index contributed by atoms with van der Waals surface area (Å²) in [4.78, 5) is 10.7. The number of ether oxygens (including phenoxy) is 1. The first-order chi connectivity index (χ1) is 6.74. The third-order valence-corrected chi connectivity index (χ3v) is 2.59. The molecule has 0 amide bonds. The fourth-order valence-corrected chi connectivity index (χ4v) is 1.70. The Morgan fingerprint density at radius 2 is 2.50 bits per heavy atom. The minimum absolute atomic E-state index is 0.341. The van der Waals surface area contributed by atoms with E-state index in [1.165, 1.54) is 0 Å². The second kappa shape index (κ2) is 5.98. The Labute approximate surface area is 84.6 Å². The number of hydrogen-bond acceptors (Lipinski definition) is 3. The largest absolute Gasteiger partial charge is 0.480 e. The lowest BCUT2D eigenvalue weighted by Crippen LogP contribution is -2.37. The van der Waals surface area contributed by atoms with E-state index in [0.717, 1.165) is 32.4 Å². The van der Waals surface area contributed by atoms with Gasteiger partial charge in [0.2, 0.25) is 0 Å². The van der Waals surface area contributed by atoms with Crippen molar-refractivity contribution in [3.05, 3.63) is 0 Å². The highest BCUT2D eigenvalue weighted by molar-refractivity contribution is 5.73. The van der Waals surface area contributed by atoms with E-state index in [1.807, 2.05) is 6.92 Å². The Balaban J connectivity index is 2.09. The van der Waals surface area contributed by atoms with Gasteiger partial charge in [0.1, 0.15) is 6.04 Å². The molecule has 1 aliphatic rings. The average molecular weight is 201 g/mol. The van der Waals surface area contributed by atoms with Gasteiger partial charge >= 0.3 is 5.97 Å². The zero-order chi connectivity index (χ0) is 10.4. The SMILES string of the molecule is CCC(NCCC1CCCO1)C(=O)O. The molecule has 0 aliphatic carbocycles. The number of rotatable bonds is 6. The van der Waals surface area contributed by atoms with Crippen LogP contribution >= 0.6 is 0 Å². The lowest BCUT2D eigenvalue weighted by molar-refractivity contribution is -0.139. The summed E-state index contributed by atoms with van der Waals surface area (Å²) in [6.45, 7) is 3.47. The minimum atomic E-state index is -0.764. The van der Waals surface area contributed by atoms with Crippen LogP contribution in [0.15, 0.2) is 0 Å². The summed E-state index contributed by atoms with van der Waals surface area (Å²) in [5.41, 5.74) is 0. The van der Waals surface area contributed by atoms with Crippen LogP contribution in [0, 0.1) is 0 Å². The van der Waals surface area contributed by atoms with Crippen LogP contribution in [0.2, 0.25) is 0 Å². The molecule has 1 fully saturated rings. The molecule has 0 saturated carbocycles. The third-order valence-electron chi connectivity index (χ3n) is 2.59. The second-order valence-electron chi connectivity index (χ2n) is 3.68. The van der Waals surface area contributed by atoms with Gasteiger partial charge in [0.25, 0.3) is 0 Å². The standard InChI is InChI=1S/C10H19NO3/c1-2-9(10(12)13)11-6-5-8-4-3-7-14-8/h8-9,11H,2-7H2,1H3,(H,12,13).